The summed E-state index contributed by atoms with van der Waals surface area (Å²) in [4.78, 5) is 99.3. The number of rotatable bonds is 16. The summed E-state index contributed by atoms with van der Waals surface area (Å²) in [6.45, 7) is 15.6. The van der Waals surface area contributed by atoms with Crippen LogP contribution in [0.1, 0.15) is 167 Å². The van der Waals surface area contributed by atoms with E-state index in [0.29, 0.717) is 67.6 Å². The van der Waals surface area contributed by atoms with Crippen molar-refractivity contribution in [3.8, 4) is 68.3 Å². The van der Waals surface area contributed by atoms with E-state index in [1.54, 1.807) is 43.5 Å². The highest BCUT2D eigenvalue weighted by atomic mass is 35.5. The first-order chi connectivity index (χ1) is 59.0. The number of piperidine rings is 1. The first kappa shape index (κ1) is 80.2. The summed E-state index contributed by atoms with van der Waals surface area (Å²) in [5, 5.41) is 17.6. The maximum Gasteiger partial charge on any atom is 0.439 e. The Kier molecular flexibility index (Phi) is 22.8. The smallest absolute Gasteiger partial charge is 0.381 e. The van der Waals surface area contributed by atoms with Gasteiger partial charge in [0.05, 0.1) is 77.9 Å². The van der Waals surface area contributed by atoms with Gasteiger partial charge < -0.3 is 37.9 Å². The van der Waals surface area contributed by atoms with Crippen molar-refractivity contribution in [3.05, 3.63) is 132 Å². The highest BCUT2D eigenvalue weighted by Crippen LogP contribution is 2.48. The Balaban J connectivity index is 0.000000120. The molecule has 1 spiro atoms. The van der Waals surface area contributed by atoms with Gasteiger partial charge in [0.2, 0.25) is 35.3 Å². The number of H-pyrrole nitrogens is 3. The number of ether oxygens (including phenoxy) is 2. The summed E-state index contributed by atoms with van der Waals surface area (Å²) >= 11 is 19.2. The van der Waals surface area contributed by atoms with Gasteiger partial charge in [-0.2, -0.15) is 5.10 Å². The molecule has 3 unspecified atom stereocenters. The number of imidazole rings is 3. The molecule has 3 saturated carbocycles. The number of pyridine rings is 6. The van der Waals surface area contributed by atoms with Crippen LogP contribution in [0.2, 0.25) is 15.1 Å². The van der Waals surface area contributed by atoms with Crippen LogP contribution in [-0.4, -0.2) is 161 Å². The molecule has 0 radical (unpaired) electrons. The molecular weight excluding hydrogens is 1600 g/mol. The molecule has 8 aliphatic rings. The Morgan fingerprint density at radius 1 is 0.455 bits per heavy atom. The van der Waals surface area contributed by atoms with Crippen molar-refractivity contribution in [1.29, 1.82) is 0 Å². The number of nitrogens with zero attached hydrogens (tertiary/aromatic N) is 21. The number of aromatic amines is 3. The third-order valence-corrected chi connectivity index (χ3v) is 27.3. The molecule has 21 rings (SSSR count). The fourth-order valence-corrected chi connectivity index (χ4v) is 20.9. The lowest BCUT2D eigenvalue weighted by Gasteiger charge is -2.44. The Morgan fingerprint density at radius 2 is 0.884 bits per heavy atom. The minimum absolute atomic E-state index is 0.0556. The van der Waals surface area contributed by atoms with Gasteiger partial charge in [0, 0.05) is 138 Å². The second-order valence-corrected chi connectivity index (χ2v) is 36.1. The Morgan fingerprint density at radius 3 is 1.31 bits per heavy atom. The zero-order valence-electron chi connectivity index (χ0n) is 68.4. The van der Waals surface area contributed by atoms with E-state index in [2.05, 4.69) is 105 Å². The second kappa shape index (κ2) is 34.4. The molecule has 13 aromatic heterocycles. The molecule has 13 aromatic rings. The predicted octanol–water partition coefficient (Wildman–Crippen LogP) is 15.6. The lowest BCUT2D eigenvalue weighted by atomic mass is 9.83. The van der Waals surface area contributed by atoms with Gasteiger partial charge in [0.1, 0.15) is 29.2 Å². The van der Waals surface area contributed by atoms with Crippen LogP contribution in [0.15, 0.2) is 108 Å². The van der Waals surface area contributed by atoms with E-state index in [1.165, 1.54) is 83.5 Å². The van der Waals surface area contributed by atoms with Gasteiger partial charge in [-0.1, -0.05) is 110 Å². The molecule has 3 N–H and O–H groups in total. The largest absolute Gasteiger partial charge is 0.439 e. The molecule has 8 fully saturated rings. The van der Waals surface area contributed by atoms with Gasteiger partial charge >= 0.3 is 17.3 Å². The summed E-state index contributed by atoms with van der Waals surface area (Å²) in [5.41, 5.74) is 11.1. The molecule has 3 aliphatic carbocycles. The van der Waals surface area contributed by atoms with E-state index in [1.807, 2.05) is 48.1 Å². The van der Waals surface area contributed by atoms with Crippen LogP contribution in [-0.2, 0) is 36.2 Å². The lowest BCUT2D eigenvalue weighted by Crippen LogP contribution is -2.50. The van der Waals surface area contributed by atoms with Gasteiger partial charge in [-0.25, -0.2) is 49.3 Å². The Hall–Kier alpha value is -10.5. The third kappa shape index (κ3) is 16.5. The van der Waals surface area contributed by atoms with Crippen LogP contribution in [0, 0.1) is 41.4 Å². The number of fused-ring (bicyclic) bond motifs is 4. The number of anilines is 3. The Labute approximate surface area is 711 Å². The number of hydrogen-bond donors (Lipinski definition) is 3. The molecule has 632 valence electrons. The molecule has 5 aliphatic heterocycles. The maximum atomic E-state index is 11.8. The normalized spacial score (nSPS) is 23.1. The topological polar surface area (TPSA) is 366 Å². The van der Waals surface area contributed by atoms with Crippen molar-refractivity contribution in [3.63, 3.8) is 0 Å². The van der Waals surface area contributed by atoms with E-state index in [4.69, 9.17) is 87.7 Å². The fraction of sp³-hybridized carbons (Fsp3) is 0.523. The number of nitrogens with one attached hydrogen (secondary N) is 3. The average molecular weight is 1700 g/mol. The van der Waals surface area contributed by atoms with Gasteiger partial charge in [-0.3, -0.25) is 48.2 Å². The van der Waals surface area contributed by atoms with E-state index in [-0.39, 0.29) is 29.1 Å². The van der Waals surface area contributed by atoms with Gasteiger partial charge in [0.15, 0.2) is 0 Å². The molecule has 0 bridgehead atoms. The molecule has 32 nitrogen and oxygen atoms in total. The first-order valence-corrected chi connectivity index (χ1v) is 44.2. The summed E-state index contributed by atoms with van der Waals surface area (Å²) < 4.78 is 35.1. The van der Waals surface area contributed by atoms with Crippen molar-refractivity contribution in [2.45, 2.75) is 193 Å². The third-order valence-electron chi connectivity index (χ3n) is 26.7. The highest BCUT2D eigenvalue weighted by molar-refractivity contribution is 6.31. The predicted molar refractivity (Wildman–Crippen MR) is 458 cm³/mol. The van der Waals surface area contributed by atoms with Crippen molar-refractivity contribution in [2.75, 3.05) is 60.8 Å². The molecule has 0 aromatic carbocycles. The minimum atomic E-state index is -0.644. The maximum absolute atomic E-state index is 11.8. The van der Waals surface area contributed by atoms with Gasteiger partial charge in [-0.15, -0.1) is 0 Å². The molecule has 5 saturated heterocycles. The summed E-state index contributed by atoms with van der Waals surface area (Å²) in [6.07, 6.45) is 36.0. The van der Waals surface area contributed by atoms with E-state index in [9.17, 15) is 14.4 Å². The van der Waals surface area contributed by atoms with Crippen LogP contribution in [0.25, 0.3) is 101 Å². The van der Waals surface area contributed by atoms with Crippen molar-refractivity contribution < 1.29 is 23.0 Å². The number of aryl methyl sites for hydroxylation is 1. The van der Waals surface area contributed by atoms with Crippen molar-refractivity contribution in [2.24, 2.45) is 48.5 Å². The van der Waals surface area contributed by atoms with Crippen LogP contribution in [0.5, 0.6) is 0 Å². The monoisotopic (exact) mass is 1700 g/mol. The fourth-order valence-electron chi connectivity index (χ4n) is 20.3. The molecule has 35 heteroatoms. The van der Waals surface area contributed by atoms with Crippen LogP contribution in [0.3, 0.4) is 0 Å². The number of aromatic nitrogens is 21. The molecule has 121 heavy (non-hydrogen) atoms. The average Bonchev–Trinajstić information content (AvgIpc) is 1.60. The molecule has 18 heterocycles. The van der Waals surface area contributed by atoms with Crippen molar-refractivity contribution in [1.82, 2.24) is 104 Å². The van der Waals surface area contributed by atoms with E-state index in [0.717, 1.165) is 220 Å². The minimum Gasteiger partial charge on any atom is -0.381 e. The van der Waals surface area contributed by atoms with E-state index >= 15 is 0 Å². The second-order valence-electron chi connectivity index (χ2n) is 34.8. The Bertz CT molecular complexity index is 6060. The highest BCUT2D eigenvalue weighted by Gasteiger charge is 2.46. The molecule has 0 amide bonds. The zero-order chi connectivity index (χ0) is 82.6. The zero-order valence-corrected chi connectivity index (χ0v) is 70.7. The number of halogens is 3. The summed E-state index contributed by atoms with van der Waals surface area (Å²) in [6, 6.07) is 11.7. The van der Waals surface area contributed by atoms with Crippen molar-refractivity contribution >= 4 is 85.7 Å². The number of hydrogen-bond acceptors (Lipinski definition) is 25. The van der Waals surface area contributed by atoms with Crippen LogP contribution < -0.4 is 32.0 Å². The standard InChI is InChI=1S/2C29H34ClN7O3.C28H31ClN10O2/c1-18-3-5-19(6-4-18)17-36-25-22(33-27(36)37-10-2-7-29(37)8-11-39-12-9-29)14-23(26-34-28(38)40-35-26)32-24(25)20-13-21(30)16-31-15-20;1-17-4-6-18(7-5-17)15-37-26-22(33-28(37)36-9-2-3-19-16-39-10-8-24(19)36)12-23(27-34-29(38)40-35-27)32-25(26)20-11-21(30)14-31-13-20;1-16-5-7-17(8-6-16)14-39-24-20(34-27(39)38-9-3-4-22(38)26-31-15-32-37(26)2)11-21(25-35-28(40)41-36-25)33-23(24)18-10-19(29)13-30-12-18/h13-16,18-19H,2-12,17H2,1H3,(H,34,35,38);11-14,17-19,24H,2-10,15-16H2,1H3,(H,34,35,38);10-13,15-17,22H,3-9,14H2,1-2H3,(H,35,36,40). The van der Waals surface area contributed by atoms with Gasteiger partial charge in [-0.05, 0) is 168 Å². The molecule has 3 atom stereocenters. The lowest BCUT2D eigenvalue weighted by molar-refractivity contribution is 0.0278. The molecular formula is C86H99Cl3N24O8. The van der Waals surface area contributed by atoms with E-state index < -0.39 is 17.3 Å². The summed E-state index contributed by atoms with van der Waals surface area (Å²) in [5.74, 6) is 7.16. The van der Waals surface area contributed by atoms with Crippen LogP contribution in [0.4, 0.5) is 17.8 Å². The first-order valence-electron chi connectivity index (χ1n) is 43.0. The van der Waals surface area contributed by atoms with Gasteiger partial charge in [0.25, 0.3) is 0 Å². The SMILES string of the molecule is CC1CCC(Cn2c(N3CCCC34CCOCC4)nc3cc(-c4noc(=O)[nH]4)nc(-c4cncc(Cl)c4)c32)CC1.CC1CCC(Cn2c(N3CCCC3c3ncnn3C)nc3cc(-c4noc(=O)[nH]4)nc(-c4cncc(Cl)c4)c32)CC1.CC1CCC(Cn2c(N3CCCC4COCCC43)nc3cc(-c4noc(=O)[nH]4)nc(-c4cncc(Cl)c4)c32)CC1. The quantitative estimate of drug-likeness (QED) is 0.0809. The summed E-state index contributed by atoms with van der Waals surface area (Å²) in [7, 11) is 1.93. The van der Waals surface area contributed by atoms with Crippen LogP contribution >= 0.6 is 34.8 Å².